The van der Waals surface area contributed by atoms with Crippen molar-refractivity contribution in [2.45, 2.75) is 19.0 Å². The molecule has 0 radical (unpaired) electrons. The Morgan fingerprint density at radius 1 is 1.22 bits per heavy atom. The molecule has 0 fully saturated rings. The van der Waals surface area contributed by atoms with E-state index < -0.39 is 12.1 Å². The van der Waals surface area contributed by atoms with Crippen molar-refractivity contribution < 1.29 is 27.6 Å². The van der Waals surface area contributed by atoms with Crippen molar-refractivity contribution in [3.63, 3.8) is 0 Å². The van der Waals surface area contributed by atoms with Crippen molar-refractivity contribution in [1.29, 1.82) is 0 Å². The molecule has 0 saturated carbocycles. The van der Waals surface area contributed by atoms with E-state index in [1.165, 1.54) is 24.3 Å². The lowest BCUT2D eigenvalue weighted by molar-refractivity contribution is -0.159. The van der Waals surface area contributed by atoms with E-state index in [4.69, 9.17) is 5.11 Å². The molecule has 6 nitrogen and oxygen atoms in total. The molecule has 0 aliphatic rings. The third kappa shape index (κ3) is 4.52. The Bertz CT molecular complexity index is 653. The van der Waals surface area contributed by atoms with Gasteiger partial charge in [-0.3, -0.25) is 4.79 Å². The summed E-state index contributed by atoms with van der Waals surface area (Å²) in [6.45, 7) is 0.496. The average molecular weight is 329 g/mol. The second kappa shape index (κ2) is 7.23. The van der Waals surface area contributed by atoms with E-state index in [1.54, 1.807) is 0 Å². The second-order valence-electron chi connectivity index (χ2n) is 4.68. The molecule has 124 valence electrons. The monoisotopic (exact) mass is 329 g/mol. The molecule has 0 atom stereocenters. The van der Waals surface area contributed by atoms with E-state index in [0.29, 0.717) is 30.5 Å². The number of nitrogens with zero attached hydrogens (tertiary/aromatic N) is 2. The summed E-state index contributed by atoms with van der Waals surface area (Å²) in [5, 5.41) is 14.6. The van der Waals surface area contributed by atoms with Crippen LogP contribution in [0.15, 0.2) is 28.8 Å². The zero-order chi connectivity index (χ0) is 16.9. The first-order valence-corrected chi connectivity index (χ1v) is 6.82. The highest BCUT2D eigenvalue weighted by atomic mass is 19.4. The van der Waals surface area contributed by atoms with Crippen LogP contribution in [-0.2, 0) is 6.18 Å². The van der Waals surface area contributed by atoms with Gasteiger partial charge in [0.25, 0.3) is 5.91 Å². The highest BCUT2D eigenvalue weighted by Crippen LogP contribution is 2.29. The summed E-state index contributed by atoms with van der Waals surface area (Å²) in [4.78, 5) is 15.1. The van der Waals surface area contributed by atoms with E-state index in [0.717, 1.165) is 0 Å². The number of aliphatic hydroxyl groups excluding tert-OH is 1. The van der Waals surface area contributed by atoms with E-state index in [9.17, 15) is 18.0 Å². The Kier molecular flexibility index (Phi) is 5.32. The van der Waals surface area contributed by atoms with Crippen molar-refractivity contribution in [1.82, 2.24) is 15.5 Å². The fourth-order valence-corrected chi connectivity index (χ4v) is 1.77. The van der Waals surface area contributed by atoms with Crippen molar-refractivity contribution in [2.75, 3.05) is 13.2 Å². The number of hydrogen-bond acceptors (Lipinski definition) is 5. The summed E-state index contributed by atoms with van der Waals surface area (Å²) in [6, 6.07) is 5.79. The highest BCUT2D eigenvalue weighted by molar-refractivity contribution is 5.94. The van der Waals surface area contributed by atoms with Crippen molar-refractivity contribution >= 4 is 5.91 Å². The van der Waals surface area contributed by atoms with Gasteiger partial charge in [-0.2, -0.15) is 18.2 Å². The van der Waals surface area contributed by atoms with Gasteiger partial charge >= 0.3 is 12.1 Å². The lowest BCUT2D eigenvalue weighted by atomic mass is 10.1. The number of halogens is 3. The van der Waals surface area contributed by atoms with Gasteiger partial charge in [-0.25, -0.2) is 0 Å². The fraction of sp³-hybridized carbons (Fsp3) is 0.357. The molecule has 0 saturated heterocycles. The van der Waals surface area contributed by atoms with E-state index in [2.05, 4.69) is 20.0 Å². The van der Waals surface area contributed by atoms with Gasteiger partial charge in [-0.15, -0.1) is 0 Å². The number of unbranched alkanes of at least 4 members (excludes halogenated alkanes) is 1. The smallest absolute Gasteiger partial charge is 0.396 e. The molecule has 1 amide bonds. The van der Waals surface area contributed by atoms with Crippen LogP contribution in [0.25, 0.3) is 11.4 Å². The number of rotatable bonds is 6. The quantitative estimate of drug-likeness (QED) is 0.794. The van der Waals surface area contributed by atoms with Crippen LogP contribution in [0.3, 0.4) is 0 Å². The largest absolute Gasteiger partial charge is 0.471 e. The lowest BCUT2D eigenvalue weighted by Crippen LogP contribution is -2.24. The first-order chi connectivity index (χ1) is 10.9. The minimum Gasteiger partial charge on any atom is -0.396 e. The van der Waals surface area contributed by atoms with Crippen LogP contribution in [0.1, 0.15) is 29.1 Å². The first-order valence-electron chi connectivity index (χ1n) is 6.82. The molecule has 0 unspecified atom stereocenters. The van der Waals surface area contributed by atoms with E-state index in [1.807, 2.05) is 0 Å². The third-order valence-electron chi connectivity index (χ3n) is 2.94. The number of aromatic nitrogens is 2. The number of nitrogens with one attached hydrogen (secondary N) is 1. The predicted molar refractivity (Wildman–Crippen MR) is 73.4 cm³/mol. The molecule has 1 heterocycles. The normalized spacial score (nSPS) is 11.5. The molecule has 9 heteroatoms. The molecular formula is C14H14F3N3O3. The second-order valence-corrected chi connectivity index (χ2v) is 4.68. The van der Waals surface area contributed by atoms with E-state index in [-0.39, 0.29) is 18.3 Å². The summed E-state index contributed by atoms with van der Waals surface area (Å²) >= 11 is 0. The Hall–Kier alpha value is -2.42. The van der Waals surface area contributed by atoms with Crippen molar-refractivity contribution in [3.8, 4) is 11.4 Å². The molecule has 1 aromatic carbocycles. The number of carbonyl (C=O) groups excluding carboxylic acids is 1. The number of carbonyl (C=O) groups is 1. The Labute approximate surface area is 129 Å². The van der Waals surface area contributed by atoms with Gasteiger partial charge in [0, 0.05) is 24.3 Å². The predicted octanol–water partition coefficient (Wildman–Crippen LogP) is 2.26. The number of alkyl halides is 3. The number of aliphatic hydroxyl groups is 1. The van der Waals surface area contributed by atoms with Crippen LogP contribution in [0.5, 0.6) is 0 Å². The summed E-state index contributed by atoms with van der Waals surface area (Å²) in [7, 11) is 0. The van der Waals surface area contributed by atoms with Gasteiger partial charge < -0.3 is 14.9 Å². The standard InChI is InChI=1S/C14H14F3N3O3/c15-14(16,17)13-19-11(20-23-13)9-3-5-10(6-4-9)12(22)18-7-1-2-8-21/h3-6,21H,1-2,7-8H2,(H,18,22). The topological polar surface area (TPSA) is 88.2 Å². The third-order valence-corrected chi connectivity index (χ3v) is 2.94. The first kappa shape index (κ1) is 16.9. The number of amides is 1. The Morgan fingerprint density at radius 3 is 2.48 bits per heavy atom. The maximum Gasteiger partial charge on any atom is 0.471 e. The average Bonchev–Trinajstić information content (AvgIpc) is 3.02. The van der Waals surface area contributed by atoms with Crippen LogP contribution >= 0.6 is 0 Å². The zero-order valence-corrected chi connectivity index (χ0v) is 11.9. The lowest BCUT2D eigenvalue weighted by Gasteiger charge is -2.04. The maximum absolute atomic E-state index is 12.4. The van der Waals surface area contributed by atoms with Gasteiger partial charge in [0.15, 0.2) is 0 Å². The maximum atomic E-state index is 12.4. The van der Waals surface area contributed by atoms with E-state index >= 15 is 0 Å². The fourth-order valence-electron chi connectivity index (χ4n) is 1.77. The SMILES string of the molecule is O=C(NCCCCO)c1ccc(-c2noc(C(F)(F)F)n2)cc1. The molecule has 2 aromatic rings. The number of benzene rings is 1. The molecule has 1 aromatic heterocycles. The Morgan fingerprint density at radius 2 is 1.91 bits per heavy atom. The Balaban J connectivity index is 2.02. The van der Waals surface area contributed by atoms with Crippen molar-refractivity contribution in [2.24, 2.45) is 0 Å². The molecule has 0 spiro atoms. The van der Waals surface area contributed by atoms with Crippen LogP contribution in [0.2, 0.25) is 0 Å². The highest BCUT2D eigenvalue weighted by Gasteiger charge is 2.38. The molecule has 2 rings (SSSR count). The molecule has 23 heavy (non-hydrogen) atoms. The summed E-state index contributed by atoms with van der Waals surface area (Å²) in [5.41, 5.74) is 0.665. The molecule has 0 bridgehead atoms. The van der Waals surface area contributed by atoms with Crippen LogP contribution in [-0.4, -0.2) is 34.3 Å². The van der Waals surface area contributed by atoms with Gasteiger partial charge in [-0.05, 0) is 25.0 Å². The van der Waals surface area contributed by atoms with Crippen LogP contribution in [0.4, 0.5) is 13.2 Å². The van der Waals surface area contributed by atoms with Crippen molar-refractivity contribution in [3.05, 3.63) is 35.7 Å². The van der Waals surface area contributed by atoms with Gasteiger partial charge in [0.2, 0.25) is 5.82 Å². The van der Waals surface area contributed by atoms with Gasteiger partial charge in [0.1, 0.15) is 0 Å². The van der Waals surface area contributed by atoms with Crippen LogP contribution < -0.4 is 5.32 Å². The summed E-state index contributed by atoms with van der Waals surface area (Å²) in [5.74, 6) is -1.93. The summed E-state index contributed by atoms with van der Waals surface area (Å²) < 4.78 is 41.3. The van der Waals surface area contributed by atoms with Gasteiger partial charge in [-0.1, -0.05) is 17.3 Å². The minimum atomic E-state index is -4.69. The molecule has 2 N–H and O–H groups in total. The van der Waals surface area contributed by atoms with Gasteiger partial charge in [0.05, 0.1) is 0 Å². The van der Waals surface area contributed by atoms with Crippen LogP contribution in [0, 0.1) is 0 Å². The minimum absolute atomic E-state index is 0.0647. The summed E-state index contributed by atoms with van der Waals surface area (Å²) in [6.07, 6.45) is -3.44. The molecular weight excluding hydrogens is 315 g/mol. The molecule has 0 aliphatic carbocycles. The number of hydrogen-bond donors (Lipinski definition) is 2. The molecule has 0 aliphatic heterocycles. The zero-order valence-electron chi connectivity index (χ0n) is 11.9.